The summed E-state index contributed by atoms with van der Waals surface area (Å²) in [7, 11) is -0.985. The average molecular weight is 310 g/mol. The van der Waals surface area contributed by atoms with E-state index in [9.17, 15) is 8.42 Å². The number of hydrogen-bond donors (Lipinski definition) is 0. The van der Waals surface area contributed by atoms with Crippen molar-refractivity contribution in [3.8, 4) is 0 Å². The summed E-state index contributed by atoms with van der Waals surface area (Å²) < 4.78 is 25.6. The van der Waals surface area contributed by atoms with E-state index >= 15 is 0 Å². The van der Waals surface area contributed by atoms with Crippen molar-refractivity contribution in [2.75, 3.05) is 30.8 Å². The Morgan fingerprint density at radius 3 is 2.86 bits per heavy atom. The molecule has 0 bridgehead atoms. The molecule has 1 aromatic rings. The molecule has 0 amide bonds. The van der Waals surface area contributed by atoms with Crippen molar-refractivity contribution in [2.45, 2.75) is 32.2 Å². The predicted molar refractivity (Wildman–Crippen MR) is 81.5 cm³/mol. The van der Waals surface area contributed by atoms with Crippen molar-refractivity contribution in [1.82, 2.24) is 14.3 Å². The Balaban J connectivity index is 1.61. The predicted octanol–water partition coefficient (Wildman–Crippen LogP) is 1.12. The van der Waals surface area contributed by atoms with Crippen molar-refractivity contribution in [3.05, 3.63) is 18.6 Å². The molecule has 21 heavy (non-hydrogen) atoms. The van der Waals surface area contributed by atoms with E-state index in [2.05, 4.69) is 21.9 Å². The zero-order valence-corrected chi connectivity index (χ0v) is 13.4. The summed E-state index contributed by atoms with van der Waals surface area (Å²) in [6.45, 7) is 3.09. The van der Waals surface area contributed by atoms with Gasteiger partial charge in [-0.3, -0.25) is 0 Å². The molecule has 1 spiro atoms. The first-order chi connectivity index (χ1) is 9.96. The second-order valence-electron chi connectivity index (χ2n) is 6.22. The smallest absolute Gasteiger partial charge is 0.213 e. The van der Waals surface area contributed by atoms with Gasteiger partial charge in [-0.1, -0.05) is 0 Å². The fourth-order valence-electron chi connectivity index (χ4n) is 3.54. The van der Waals surface area contributed by atoms with Crippen LogP contribution in [0.15, 0.2) is 18.6 Å². The lowest BCUT2D eigenvalue weighted by Gasteiger charge is -2.49. The second kappa shape index (κ2) is 5.21. The van der Waals surface area contributed by atoms with Crippen LogP contribution in [0.3, 0.4) is 0 Å². The molecule has 1 aliphatic carbocycles. The Morgan fingerprint density at radius 2 is 2.24 bits per heavy atom. The van der Waals surface area contributed by atoms with Crippen LogP contribution < -0.4 is 4.90 Å². The number of anilines is 1. The Kier molecular flexibility index (Phi) is 3.65. The van der Waals surface area contributed by atoms with Crippen LogP contribution in [0.1, 0.15) is 26.2 Å². The number of hydrogen-bond acceptors (Lipinski definition) is 5. The molecule has 1 aliphatic heterocycles. The number of aromatic nitrogens is 2. The van der Waals surface area contributed by atoms with Crippen LogP contribution >= 0.6 is 0 Å². The van der Waals surface area contributed by atoms with Gasteiger partial charge in [-0.2, -0.15) is 0 Å². The molecule has 116 valence electrons. The highest BCUT2D eigenvalue weighted by Crippen LogP contribution is 2.50. The average Bonchev–Trinajstić information content (AvgIpc) is 2.92. The van der Waals surface area contributed by atoms with Crippen LogP contribution in [-0.2, 0) is 10.0 Å². The van der Waals surface area contributed by atoms with E-state index < -0.39 is 10.0 Å². The van der Waals surface area contributed by atoms with Crippen LogP contribution in [0.2, 0.25) is 0 Å². The van der Waals surface area contributed by atoms with Crippen molar-refractivity contribution >= 4 is 15.8 Å². The molecule has 0 N–H and O–H groups in total. The van der Waals surface area contributed by atoms with Crippen LogP contribution in [0.5, 0.6) is 0 Å². The van der Waals surface area contributed by atoms with Crippen molar-refractivity contribution in [2.24, 2.45) is 5.41 Å². The standard InChI is InChI=1S/C14H22N4O2S/c1-3-21(19,20)18-7-5-14(10-18)8-12(9-14)17(2)13-4-6-15-11-16-13/h4,6,11-12H,3,5,7-10H2,1-2H3. The molecule has 0 atom stereocenters. The molecule has 7 heteroatoms. The van der Waals surface area contributed by atoms with Crippen molar-refractivity contribution in [3.63, 3.8) is 0 Å². The van der Waals surface area contributed by atoms with Gasteiger partial charge in [0.25, 0.3) is 0 Å². The summed E-state index contributed by atoms with van der Waals surface area (Å²) in [6, 6.07) is 2.36. The van der Waals surface area contributed by atoms with Crippen LogP contribution in [-0.4, -0.2) is 54.6 Å². The highest BCUT2D eigenvalue weighted by atomic mass is 32.2. The topological polar surface area (TPSA) is 66.4 Å². The van der Waals surface area contributed by atoms with E-state index in [-0.39, 0.29) is 11.2 Å². The lowest BCUT2D eigenvalue weighted by molar-refractivity contribution is 0.119. The Morgan fingerprint density at radius 1 is 1.48 bits per heavy atom. The fourth-order valence-corrected chi connectivity index (χ4v) is 4.75. The maximum absolute atomic E-state index is 12.0. The first kappa shape index (κ1) is 14.7. The van der Waals surface area contributed by atoms with Crippen molar-refractivity contribution < 1.29 is 8.42 Å². The quantitative estimate of drug-likeness (QED) is 0.833. The number of rotatable bonds is 4. The SMILES string of the molecule is CCS(=O)(=O)N1CCC2(CC(N(C)c3ccncn3)C2)C1. The van der Waals surface area contributed by atoms with Gasteiger partial charge >= 0.3 is 0 Å². The lowest BCUT2D eigenvalue weighted by Crippen LogP contribution is -2.51. The largest absolute Gasteiger partial charge is 0.357 e. The number of sulfonamides is 1. The van der Waals surface area contributed by atoms with Gasteiger partial charge in [0.1, 0.15) is 12.1 Å². The monoisotopic (exact) mass is 310 g/mol. The molecular weight excluding hydrogens is 288 g/mol. The molecule has 2 aliphatic rings. The molecule has 1 saturated carbocycles. The van der Waals surface area contributed by atoms with Gasteiger partial charge < -0.3 is 4.90 Å². The Hall–Kier alpha value is -1.21. The first-order valence-corrected chi connectivity index (χ1v) is 9.03. The summed E-state index contributed by atoms with van der Waals surface area (Å²) in [5, 5.41) is 0. The summed E-state index contributed by atoms with van der Waals surface area (Å²) >= 11 is 0. The van der Waals surface area contributed by atoms with E-state index in [4.69, 9.17) is 0 Å². The van der Waals surface area contributed by atoms with Crippen LogP contribution in [0.25, 0.3) is 0 Å². The minimum Gasteiger partial charge on any atom is -0.357 e. The van der Waals surface area contributed by atoms with Gasteiger partial charge in [0.2, 0.25) is 10.0 Å². The maximum Gasteiger partial charge on any atom is 0.213 e. The van der Waals surface area contributed by atoms with E-state index in [0.717, 1.165) is 25.1 Å². The van der Waals surface area contributed by atoms with Crippen LogP contribution in [0, 0.1) is 5.41 Å². The minimum atomic E-state index is -3.04. The summed E-state index contributed by atoms with van der Waals surface area (Å²) in [6.07, 6.45) is 6.39. The van der Waals surface area contributed by atoms with Crippen molar-refractivity contribution in [1.29, 1.82) is 0 Å². The summed E-state index contributed by atoms with van der Waals surface area (Å²) in [5.41, 5.74) is 0.189. The third-order valence-electron chi connectivity index (χ3n) is 4.97. The molecule has 6 nitrogen and oxygen atoms in total. The van der Waals surface area contributed by atoms with Gasteiger partial charge in [0, 0.05) is 32.4 Å². The third-order valence-corrected chi connectivity index (χ3v) is 6.80. The molecule has 1 saturated heterocycles. The van der Waals surface area contributed by atoms with E-state index in [1.165, 1.54) is 0 Å². The van der Waals surface area contributed by atoms with E-state index in [1.54, 1.807) is 23.8 Å². The van der Waals surface area contributed by atoms with E-state index in [1.807, 2.05) is 6.07 Å². The van der Waals surface area contributed by atoms with Gasteiger partial charge in [-0.15, -0.1) is 0 Å². The lowest BCUT2D eigenvalue weighted by atomic mass is 9.64. The minimum absolute atomic E-state index is 0.189. The molecule has 3 rings (SSSR count). The molecule has 0 radical (unpaired) electrons. The fraction of sp³-hybridized carbons (Fsp3) is 0.714. The van der Waals surface area contributed by atoms with Gasteiger partial charge in [0.05, 0.1) is 5.75 Å². The zero-order valence-electron chi connectivity index (χ0n) is 12.6. The molecule has 0 aromatic carbocycles. The third kappa shape index (κ3) is 2.64. The number of nitrogens with zero attached hydrogens (tertiary/aromatic N) is 4. The Labute approximate surface area is 126 Å². The van der Waals surface area contributed by atoms with E-state index in [0.29, 0.717) is 19.1 Å². The van der Waals surface area contributed by atoms with Gasteiger partial charge in [-0.05, 0) is 37.7 Å². The molecule has 0 unspecified atom stereocenters. The summed E-state index contributed by atoms with van der Waals surface area (Å²) in [5.74, 6) is 1.13. The first-order valence-electron chi connectivity index (χ1n) is 7.42. The highest BCUT2D eigenvalue weighted by molar-refractivity contribution is 7.89. The maximum atomic E-state index is 12.0. The van der Waals surface area contributed by atoms with Gasteiger partial charge in [-0.25, -0.2) is 22.7 Å². The Bertz CT molecular complexity index is 599. The molecular formula is C14H22N4O2S. The van der Waals surface area contributed by atoms with Gasteiger partial charge in [0.15, 0.2) is 0 Å². The normalized spacial score (nSPS) is 29.5. The zero-order chi connectivity index (χ0) is 15.1. The second-order valence-corrected chi connectivity index (χ2v) is 8.48. The highest BCUT2D eigenvalue weighted by Gasteiger charge is 2.51. The summed E-state index contributed by atoms with van der Waals surface area (Å²) in [4.78, 5) is 10.4. The molecule has 2 fully saturated rings. The molecule has 2 heterocycles. The van der Waals surface area contributed by atoms with Crippen LogP contribution in [0.4, 0.5) is 5.82 Å². The molecule has 1 aromatic heterocycles.